The van der Waals surface area contributed by atoms with Gasteiger partial charge in [-0.25, -0.2) is 8.37 Å². The molecular weight excluding hydrogens is 1080 g/mol. The van der Waals surface area contributed by atoms with Gasteiger partial charge in [-0.15, -0.1) is 0 Å². The van der Waals surface area contributed by atoms with Gasteiger partial charge in [0.1, 0.15) is 35.6 Å². The maximum atomic E-state index is 12.4. The molecule has 0 aromatic carbocycles. The van der Waals surface area contributed by atoms with Gasteiger partial charge >= 0.3 is 20.8 Å². The molecule has 444 valence electrons. The number of aliphatic hydroxyl groups is 2. The zero-order valence-electron chi connectivity index (χ0n) is 45.9. The van der Waals surface area contributed by atoms with Crippen molar-refractivity contribution < 1.29 is 101 Å². The van der Waals surface area contributed by atoms with Crippen LogP contribution in [-0.2, 0) is 81.3 Å². The summed E-state index contributed by atoms with van der Waals surface area (Å²) in [6.07, 6.45) is 4.93. The van der Waals surface area contributed by atoms with Crippen LogP contribution >= 0.6 is 0 Å². The second-order valence-electron chi connectivity index (χ2n) is 25.6. The number of hydrogen-bond donors (Lipinski definition) is 4. The van der Waals surface area contributed by atoms with Crippen LogP contribution in [0.1, 0.15) is 138 Å². The van der Waals surface area contributed by atoms with Crippen LogP contribution in [0.4, 0.5) is 0 Å². The molecule has 0 aliphatic carbocycles. The Morgan fingerprint density at radius 3 is 1.94 bits per heavy atom. The third-order valence-electron chi connectivity index (χ3n) is 20.0. The highest BCUT2D eigenvalue weighted by Crippen LogP contribution is 2.54. The Morgan fingerprint density at radius 1 is 0.684 bits per heavy atom. The lowest BCUT2D eigenvalue weighted by Gasteiger charge is -2.61. The quantitative estimate of drug-likeness (QED) is 0.186. The number of aliphatic hydroxyl groups excluding tert-OH is 1. The van der Waals surface area contributed by atoms with E-state index in [1.54, 1.807) is 25.5 Å². The van der Waals surface area contributed by atoms with Crippen molar-refractivity contribution in [3.8, 4) is 0 Å². The van der Waals surface area contributed by atoms with Gasteiger partial charge in [-0.2, -0.15) is 16.8 Å². The molecule has 22 nitrogen and oxygen atoms in total. The van der Waals surface area contributed by atoms with Crippen LogP contribution in [-0.4, -0.2) is 193 Å². The van der Waals surface area contributed by atoms with Crippen LogP contribution in [0.3, 0.4) is 0 Å². The summed E-state index contributed by atoms with van der Waals surface area (Å²) in [6, 6.07) is 1.82. The molecule has 11 aliphatic heterocycles. The van der Waals surface area contributed by atoms with Crippen molar-refractivity contribution in [3.63, 3.8) is 0 Å². The first-order valence-corrected chi connectivity index (χ1v) is 31.3. The van der Waals surface area contributed by atoms with Crippen LogP contribution in [0.25, 0.3) is 6.08 Å². The first kappa shape index (κ1) is 57.4. The summed E-state index contributed by atoms with van der Waals surface area (Å²) in [5.41, 5.74) is -3.43. The molecule has 12 rings (SSSR count). The van der Waals surface area contributed by atoms with Crippen LogP contribution in [0.15, 0.2) is 40.7 Å². The fourth-order valence-corrected chi connectivity index (χ4v) is 16.4. The summed E-state index contributed by atoms with van der Waals surface area (Å²) in [7, 11) is -9.74. The SMILES string of the molecule is C/C=C1\C[C@@H]2O[C@]3(C)[C@H](C[C@H]2O[C@@H]1[C@](C)(O)/C=C/c1ccoc1)O[C@@H]1C[C@@H]2O[C@@H]4C[C@@H]5O[C@@H]6C[C@@H]7O[C@@H]8C[C@@H]9O[C@](C)(CCOS(=O)(=O)O)[C@@H](OS(=O)(=O)O)C[C@H]9O[C@H]8C[C@H]7O[C@H]6CC[C@@]5(C)O[C@@]4(C)CC[C@H](C)[C@H]2O[C@H]1[C@H]3O. The highest BCUT2D eigenvalue weighted by molar-refractivity contribution is 7.81. The molecule has 1 aromatic heterocycles. The third-order valence-corrected chi connectivity index (χ3v) is 21.0. The first-order chi connectivity index (χ1) is 37.2. The summed E-state index contributed by atoms with van der Waals surface area (Å²) >= 11 is 0. The van der Waals surface area contributed by atoms with Crippen LogP contribution in [0.5, 0.6) is 0 Å². The summed E-state index contributed by atoms with van der Waals surface area (Å²) in [5, 5.41) is 24.2. The van der Waals surface area contributed by atoms with Gasteiger partial charge in [0, 0.05) is 56.9 Å². The zero-order valence-corrected chi connectivity index (χ0v) is 47.6. The van der Waals surface area contributed by atoms with E-state index in [1.807, 2.05) is 32.1 Å². The van der Waals surface area contributed by atoms with E-state index in [-0.39, 0.29) is 73.7 Å². The molecule has 11 fully saturated rings. The van der Waals surface area contributed by atoms with Gasteiger partial charge in [0.05, 0.1) is 134 Å². The smallest absolute Gasteiger partial charge is 0.397 e. The molecule has 24 heteroatoms. The van der Waals surface area contributed by atoms with Crippen LogP contribution in [0.2, 0.25) is 0 Å². The van der Waals surface area contributed by atoms with E-state index in [0.29, 0.717) is 57.8 Å². The fourth-order valence-electron chi connectivity index (χ4n) is 15.6. The third kappa shape index (κ3) is 11.1. The Kier molecular flexibility index (Phi) is 15.2. The normalized spacial score (nSPS) is 51.1. The minimum Gasteiger partial charge on any atom is -0.472 e. The maximum Gasteiger partial charge on any atom is 0.397 e. The number of allylic oxidation sites excluding steroid dienone is 1. The number of rotatable bonds is 9. The van der Waals surface area contributed by atoms with Gasteiger partial charge in [-0.05, 0) is 97.3 Å². The molecule has 0 amide bonds. The summed E-state index contributed by atoms with van der Waals surface area (Å²) in [4.78, 5) is 0. The lowest BCUT2D eigenvalue weighted by atomic mass is 9.72. The highest BCUT2D eigenvalue weighted by atomic mass is 32.3. The molecule has 4 N–H and O–H groups in total. The largest absolute Gasteiger partial charge is 0.472 e. The molecular formula is C55H80O22S2. The summed E-state index contributed by atoms with van der Waals surface area (Å²) in [6.45, 7) is 13.1. The molecule has 0 radical (unpaired) electrons. The zero-order chi connectivity index (χ0) is 55.8. The van der Waals surface area contributed by atoms with Crippen molar-refractivity contribution in [3.05, 3.63) is 41.9 Å². The minimum absolute atomic E-state index is 0.00319. The van der Waals surface area contributed by atoms with Gasteiger partial charge in [0.25, 0.3) is 0 Å². The second kappa shape index (κ2) is 20.9. The van der Waals surface area contributed by atoms with Gasteiger partial charge < -0.3 is 66.7 Å². The average Bonchev–Trinajstić information content (AvgIpc) is 4.04. The second-order valence-corrected chi connectivity index (χ2v) is 27.8. The average molecular weight is 1160 g/mol. The van der Waals surface area contributed by atoms with Gasteiger partial charge in [-0.1, -0.05) is 19.1 Å². The van der Waals surface area contributed by atoms with Crippen molar-refractivity contribution in [2.75, 3.05) is 6.61 Å². The van der Waals surface area contributed by atoms with Crippen molar-refractivity contribution >= 4 is 26.9 Å². The molecule has 1 aromatic rings. The highest BCUT2D eigenvalue weighted by Gasteiger charge is 2.65. The predicted molar refractivity (Wildman–Crippen MR) is 275 cm³/mol. The van der Waals surface area contributed by atoms with Crippen LogP contribution < -0.4 is 0 Å². The Balaban J connectivity index is 0.709. The molecule has 11 saturated heterocycles. The lowest BCUT2D eigenvalue weighted by Crippen LogP contribution is -2.74. The van der Waals surface area contributed by atoms with Crippen molar-refractivity contribution in [2.45, 2.75) is 282 Å². The maximum absolute atomic E-state index is 12.4. The Labute approximate surface area is 462 Å². The molecule has 0 saturated carbocycles. The number of fused-ring (bicyclic) bond motifs is 10. The monoisotopic (exact) mass is 1160 g/mol. The van der Waals surface area contributed by atoms with E-state index in [2.05, 4.69) is 25.0 Å². The Bertz CT molecular complexity index is 2670. The first-order valence-electron chi connectivity index (χ1n) is 28.5. The number of ether oxygens (including phenoxy) is 11. The van der Waals surface area contributed by atoms with Crippen molar-refractivity contribution in [1.82, 2.24) is 0 Å². The number of furan rings is 1. The number of hydrogen-bond acceptors (Lipinski definition) is 20. The van der Waals surface area contributed by atoms with Crippen molar-refractivity contribution in [1.29, 1.82) is 0 Å². The Hall–Kier alpha value is -2.02. The fraction of sp³-hybridized carbons (Fsp3) is 0.855. The summed E-state index contributed by atoms with van der Waals surface area (Å²) < 4.78 is 156. The standard InChI is InChI=1S/C55H80O22S2/c1-8-30-19-39-38(72-50(30)51(3,57)13-10-29-12-17-64-27-29)25-46-55(7,75-39)49(56)48-42(71-46)23-41-47(73-48)28(2)9-14-53(5)44(70-41)26-43-54(6,77-53)15-11-31-32(69-43)20-34-33(66-31)21-35-36(67-34)22-40-37(68-35)24-45(76-79(61,62)63)52(4,74-40)16-18-65-78(58,59)60/h8,10,12-13,17,27-28,31-50,56-57H,9,11,14-16,18-26H2,1-7H3,(H,58,59,60)(H,61,62,63)/b13-10+,30-8+/t28-,31-,32+,33+,34-,35-,36+,37+,38+,39-,40-,41-,42+,43-,44+,45-,46-,47+,48+,49+,50-,51+,52+,53-,54+,55+/m0/s1. The summed E-state index contributed by atoms with van der Waals surface area (Å²) in [5.74, 6) is 0.0697. The van der Waals surface area contributed by atoms with E-state index in [9.17, 15) is 31.6 Å². The van der Waals surface area contributed by atoms with E-state index in [4.69, 9.17) is 65.3 Å². The lowest BCUT2D eigenvalue weighted by molar-refractivity contribution is -0.369. The van der Waals surface area contributed by atoms with Gasteiger partial charge in [0.15, 0.2) is 0 Å². The molecule has 79 heavy (non-hydrogen) atoms. The van der Waals surface area contributed by atoms with Gasteiger partial charge in [-0.3, -0.25) is 9.11 Å². The molecule has 0 unspecified atom stereocenters. The minimum atomic E-state index is -4.95. The van der Waals surface area contributed by atoms with Gasteiger partial charge in [0.2, 0.25) is 0 Å². The topological polar surface area (TPSA) is 282 Å². The molecule has 12 heterocycles. The predicted octanol–water partition coefficient (Wildman–Crippen LogP) is 5.07. The molecule has 11 aliphatic rings. The molecule has 26 atom stereocenters. The van der Waals surface area contributed by atoms with Crippen molar-refractivity contribution in [2.24, 2.45) is 5.92 Å². The molecule has 0 bridgehead atoms. The van der Waals surface area contributed by atoms with E-state index < -0.39 is 123 Å². The Morgan fingerprint density at radius 2 is 1.28 bits per heavy atom. The van der Waals surface area contributed by atoms with E-state index in [0.717, 1.165) is 24.0 Å². The van der Waals surface area contributed by atoms with Crippen LogP contribution in [0, 0.1) is 5.92 Å². The molecule has 0 spiro atoms. The van der Waals surface area contributed by atoms with E-state index >= 15 is 0 Å². The van der Waals surface area contributed by atoms with E-state index in [1.165, 1.54) is 6.92 Å².